The Hall–Kier alpha value is -3.78. The molecule has 0 aliphatic carbocycles. The van der Waals surface area contributed by atoms with Crippen molar-refractivity contribution in [1.82, 2.24) is 15.3 Å². The Morgan fingerprint density at radius 3 is 2.76 bits per heavy atom. The van der Waals surface area contributed by atoms with Crippen LogP contribution in [0, 0.1) is 0 Å². The summed E-state index contributed by atoms with van der Waals surface area (Å²) in [4.78, 5) is 24.9. The molecule has 0 atom stereocenters. The molecule has 2 aromatic carbocycles. The van der Waals surface area contributed by atoms with Gasteiger partial charge < -0.3 is 20.5 Å². The lowest BCUT2D eigenvalue weighted by Gasteiger charge is -2.08. The summed E-state index contributed by atoms with van der Waals surface area (Å²) < 4.78 is 10.8. The molecule has 4 rings (SSSR count). The van der Waals surface area contributed by atoms with Crippen LogP contribution >= 0.6 is 0 Å². The van der Waals surface area contributed by atoms with Gasteiger partial charge in [-0.05, 0) is 35.4 Å². The molecule has 2 heterocycles. The second-order valence-corrected chi connectivity index (χ2v) is 7.76. The van der Waals surface area contributed by atoms with Gasteiger partial charge in [-0.1, -0.05) is 24.3 Å². The lowest BCUT2D eigenvalue weighted by molar-refractivity contribution is -0.120. The number of anilines is 1. The number of rotatable bonds is 10. The first-order valence-corrected chi connectivity index (χ1v) is 10.9. The van der Waals surface area contributed by atoms with Crippen LogP contribution in [-0.4, -0.2) is 48.5 Å². The maximum absolute atomic E-state index is 11.9. The van der Waals surface area contributed by atoms with Gasteiger partial charge >= 0.3 is 0 Å². The summed E-state index contributed by atoms with van der Waals surface area (Å²) in [6, 6.07) is 15.6. The van der Waals surface area contributed by atoms with Crippen LogP contribution in [0.2, 0.25) is 0 Å². The number of nitrogen functional groups attached to an aromatic ring is 1. The Morgan fingerprint density at radius 1 is 1.12 bits per heavy atom. The minimum atomic E-state index is -0.0223. The SMILES string of the molecule is COCCNC(=O)Cc1ccc(OCCC2=Nc3cc(-c4ccnc(N)n4)ccc3C2)cc1. The van der Waals surface area contributed by atoms with Crippen LogP contribution in [0.5, 0.6) is 5.75 Å². The highest BCUT2D eigenvalue weighted by molar-refractivity contribution is 5.94. The molecule has 8 heteroatoms. The average Bonchev–Trinajstić information content (AvgIpc) is 3.22. The number of carbonyl (C=O) groups is 1. The molecule has 33 heavy (non-hydrogen) atoms. The van der Waals surface area contributed by atoms with E-state index in [-0.39, 0.29) is 11.9 Å². The number of nitrogens with one attached hydrogen (secondary N) is 1. The van der Waals surface area contributed by atoms with E-state index in [1.165, 1.54) is 5.56 Å². The number of aliphatic imine (C=N–C) groups is 1. The summed E-state index contributed by atoms with van der Waals surface area (Å²) in [5, 5.41) is 2.81. The molecule has 0 bridgehead atoms. The van der Waals surface area contributed by atoms with Crippen molar-refractivity contribution in [3.63, 3.8) is 0 Å². The van der Waals surface area contributed by atoms with Crippen LogP contribution in [0.1, 0.15) is 17.5 Å². The molecule has 0 spiro atoms. The standard InChI is InChI=1S/C25H27N5O3/c1-32-13-11-27-24(31)14-17-2-6-21(7-3-17)33-12-9-20-15-18-4-5-19(16-23(18)29-20)22-8-10-28-25(26)30-22/h2-8,10,16H,9,11-15H2,1H3,(H,27,31)(H2,26,28,30). The van der Waals surface area contributed by atoms with Crippen molar-refractivity contribution in [2.45, 2.75) is 19.3 Å². The van der Waals surface area contributed by atoms with E-state index in [4.69, 9.17) is 20.2 Å². The van der Waals surface area contributed by atoms with E-state index in [9.17, 15) is 4.79 Å². The number of benzene rings is 2. The first-order valence-electron chi connectivity index (χ1n) is 10.9. The van der Waals surface area contributed by atoms with Gasteiger partial charge in [0.25, 0.3) is 0 Å². The molecule has 1 amide bonds. The number of nitrogens with two attached hydrogens (primary N) is 1. The highest BCUT2D eigenvalue weighted by Gasteiger charge is 2.16. The molecule has 1 aliphatic heterocycles. The highest BCUT2D eigenvalue weighted by Crippen LogP contribution is 2.32. The van der Waals surface area contributed by atoms with Crippen molar-refractivity contribution in [2.24, 2.45) is 4.99 Å². The van der Waals surface area contributed by atoms with Gasteiger partial charge in [-0.15, -0.1) is 0 Å². The lowest BCUT2D eigenvalue weighted by atomic mass is 10.0. The highest BCUT2D eigenvalue weighted by atomic mass is 16.5. The van der Waals surface area contributed by atoms with Crippen molar-refractivity contribution >= 4 is 23.3 Å². The second kappa shape index (κ2) is 10.7. The molecule has 0 fully saturated rings. The van der Waals surface area contributed by atoms with Gasteiger partial charge in [-0.2, -0.15) is 0 Å². The van der Waals surface area contributed by atoms with Crippen molar-refractivity contribution < 1.29 is 14.3 Å². The number of aromatic nitrogens is 2. The summed E-state index contributed by atoms with van der Waals surface area (Å²) in [5.74, 6) is 1.01. The van der Waals surface area contributed by atoms with Crippen LogP contribution in [0.4, 0.5) is 11.6 Å². The molecule has 0 unspecified atom stereocenters. The third-order valence-corrected chi connectivity index (χ3v) is 5.30. The van der Waals surface area contributed by atoms with E-state index < -0.39 is 0 Å². The quantitative estimate of drug-likeness (QED) is 0.464. The summed E-state index contributed by atoms with van der Waals surface area (Å²) in [7, 11) is 1.61. The fraction of sp³-hybridized carbons (Fsp3) is 0.280. The van der Waals surface area contributed by atoms with Crippen molar-refractivity contribution in [3.8, 4) is 17.0 Å². The number of hydrogen-bond donors (Lipinski definition) is 2. The summed E-state index contributed by atoms with van der Waals surface area (Å²) >= 11 is 0. The second-order valence-electron chi connectivity index (χ2n) is 7.76. The van der Waals surface area contributed by atoms with Gasteiger partial charge in [-0.3, -0.25) is 9.79 Å². The Kier molecular flexibility index (Phi) is 7.26. The number of fused-ring (bicyclic) bond motifs is 1. The Morgan fingerprint density at radius 2 is 1.97 bits per heavy atom. The van der Waals surface area contributed by atoms with Crippen LogP contribution in [0.15, 0.2) is 59.7 Å². The maximum atomic E-state index is 11.9. The minimum Gasteiger partial charge on any atom is -0.493 e. The predicted molar refractivity (Wildman–Crippen MR) is 128 cm³/mol. The molecular weight excluding hydrogens is 418 g/mol. The number of methoxy groups -OCH3 is 1. The monoisotopic (exact) mass is 445 g/mol. The largest absolute Gasteiger partial charge is 0.493 e. The first kappa shape index (κ1) is 22.4. The van der Waals surface area contributed by atoms with Crippen LogP contribution in [0.3, 0.4) is 0 Å². The summed E-state index contributed by atoms with van der Waals surface area (Å²) in [6.07, 6.45) is 3.56. The Labute approximate surface area is 192 Å². The first-order chi connectivity index (χ1) is 16.1. The van der Waals surface area contributed by atoms with E-state index in [0.29, 0.717) is 26.2 Å². The summed E-state index contributed by atoms with van der Waals surface area (Å²) in [5.41, 5.74) is 11.6. The van der Waals surface area contributed by atoms with Crippen molar-refractivity contribution in [2.75, 3.05) is 32.6 Å². The molecule has 1 aliphatic rings. The number of ether oxygens (including phenoxy) is 2. The average molecular weight is 446 g/mol. The number of amides is 1. The molecular formula is C25H27N5O3. The number of hydrogen-bond acceptors (Lipinski definition) is 7. The van der Waals surface area contributed by atoms with Crippen molar-refractivity contribution in [3.05, 3.63) is 65.9 Å². The maximum Gasteiger partial charge on any atom is 0.224 e. The zero-order chi connectivity index (χ0) is 23.0. The molecule has 8 nitrogen and oxygen atoms in total. The zero-order valence-corrected chi connectivity index (χ0v) is 18.6. The molecule has 0 saturated carbocycles. The number of nitrogens with zero attached hydrogens (tertiary/aromatic N) is 3. The molecule has 1 aromatic heterocycles. The molecule has 0 radical (unpaired) electrons. The van der Waals surface area contributed by atoms with Crippen LogP contribution in [-0.2, 0) is 22.4 Å². The number of carbonyl (C=O) groups excluding carboxylic acids is 1. The molecule has 3 N–H and O–H groups in total. The predicted octanol–water partition coefficient (Wildman–Crippen LogP) is 3.13. The normalized spacial score (nSPS) is 12.2. The fourth-order valence-electron chi connectivity index (χ4n) is 3.62. The Bertz CT molecular complexity index is 1150. The minimum absolute atomic E-state index is 0.0223. The Balaban J connectivity index is 1.27. The van der Waals surface area contributed by atoms with E-state index in [2.05, 4.69) is 21.4 Å². The van der Waals surface area contributed by atoms with E-state index >= 15 is 0 Å². The molecule has 3 aromatic rings. The lowest BCUT2D eigenvalue weighted by Crippen LogP contribution is -2.28. The smallest absolute Gasteiger partial charge is 0.224 e. The van der Waals surface area contributed by atoms with Gasteiger partial charge in [0.2, 0.25) is 11.9 Å². The van der Waals surface area contributed by atoms with Crippen LogP contribution in [0.25, 0.3) is 11.3 Å². The van der Waals surface area contributed by atoms with E-state index in [1.54, 1.807) is 13.3 Å². The summed E-state index contributed by atoms with van der Waals surface area (Å²) in [6.45, 7) is 1.56. The van der Waals surface area contributed by atoms with E-state index in [0.717, 1.165) is 46.8 Å². The van der Waals surface area contributed by atoms with E-state index in [1.807, 2.05) is 42.5 Å². The van der Waals surface area contributed by atoms with Crippen LogP contribution < -0.4 is 15.8 Å². The van der Waals surface area contributed by atoms with Gasteiger partial charge in [0.15, 0.2) is 0 Å². The van der Waals surface area contributed by atoms with Gasteiger partial charge in [-0.25, -0.2) is 9.97 Å². The third-order valence-electron chi connectivity index (χ3n) is 5.30. The van der Waals surface area contributed by atoms with Gasteiger partial charge in [0.1, 0.15) is 5.75 Å². The fourth-order valence-corrected chi connectivity index (χ4v) is 3.62. The third kappa shape index (κ3) is 6.14. The zero-order valence-electron chi connectivity index (χ0n) is 18.6. The molecule has 170 valence electrons. The van der Waals surface area contributed by atoms with Crippen molar-refractivity contribution in [1.29, 1.82) is 0 Å². The topological polar surface area (TPSA) is 112 Å². The van der Waals surface area contributed by atoms with Gasteiger partial charge in [0.05, 0.1) is 31.0 Å². The molecule has 0 saturated heterocycles. The van der Waals surface area contributed by atoms with Gasteiger partial charge in [0, 0.05) is 44.0 Å².